The molecule has 3 heteroatoms. The maximum atomic E-state index is 9.97. The Balaban J connectivity index is 2.76. The molecule has 0 saturated carbocycles. The van der Waals surface area contributed by atoms with E-state index >= 15 is 0 Å². The normalized spacial score (nSPS) is 14.6. The van der Waals surface area contributed by atoms with E-state index in [0.717, 1.165) is 18.6 Å². The molecule has 0 saturated heterocycles. The van der Waals surface area contributed by atoms with Crippen LogP contribution < -0.4 is 5.32 Å². The molecule has 108 valence electrons. The third kappa shape index (κ3) is 4.84. The molecule has 0 radical (unpaired) electrons. The van der Waals surface area contributed by atoms with Gasteiger partial charge in [0.2, 0.25) is 0 Å². The van der Waals surface area contributed by atoms with E-state index in [1.54, 1.807) is 6.07 Å². The summed E-state index contributed by atoms with van der Waals surface area (Å²) in [5, 5.41) is 13.6. The molecule has 19 heavy (non-hydrogen) atoms. The molecule has 0 spiro atoms. The minimum atomic E-state index is 0.161. The maximum Gasteiger partial charge on any atom is 0.120 e. The summed E-state index contributed by atoms with van der Waals surface area (Å²) in [6.45, 7) is 9.96. The summed E-state index contributed by atoms with van der Waals surface area (Å²) in [4.78, 5) is 0. The topological polar surface area (TPSA) is 41.5 Å². The van der Waals surface area contributed by atoms with Crippen molar-refractivity contribution < 1.29 is 9.84 Å². The molecule has 2 atom stereocenters. The van der Waals surface area contributed by atoms with Crippen LogP contribution in [0.15, 0.2) is 24.3 Å². The average molecular weight is 265 g/mol. The van der Waals surface area contributed by atoms with Crippen LogP contribution in [0.1, 0.15) is 45.7 Å². The third-order valence-electron chi connectivity index (χ3n) is 3.44. The molecule has 3 nitrogen and oxygen atoms in total. The fourth-order valence-electron chi connectivity index (χ4n) is 2.15. The smallest absolute Gasteiger partial charge is 0.120 e. The summed E-state index contributed by atoms with van der Waals surface area (Å²) >= 11 is 0. The standard InChI is InChI=1S/C16H27NO2/c1-5-14(13-9-7-8-10-16(13)18)17-15(12(3)4)11-19-6-2/h7-10,12,14-15,17-18H,5-6,11H2,1-4H3. The van der Waals surface area contributed by atoms with Crippen LogP contribution in [-0.2, 0) is 4.74 Å². The fourth-order valence-corrected chi connectivity index (χ4v) is 2.15. The van der Waals surface area contributed by atoms with Crippen molar-refractivity contribution in [3.05, 3.63) is 29.8 Å². The van der Waals surface area contributed by atoms with Gasteiger partial charge in [-0.25, -0.2) is 0 Å². The van der Waals surface area contributed by atoms with Gasteiger partial charge in [0.15, 0.2) is 0 Å². The number of para-hydroxylation sites is 1. The van der Waals surface area contributed by atoms with Crippen LogP contribution >= 0.6 is 0 Å². The van der Waals surface area contributed by atoms with Crippen molar-refractivity contribution in [1.82, 2.24) is 5.32 Å². The minimum absolute atomic E-state index is 0.161. The van der Waals surface area contributed by atoms with Gasteiger partial charge in [0, 0.05) is 24.3 Å². The van der Waals surface area contributed by atoms with Gasteiger partial charge < -0.3 is 15.2 Å². The molecule has 0 bridgehead atoms. The minimum Gasteiger partial charge on any atom is -0.508 e. The van der Waals surface area contributed by atoms with Crippen LogP contribution in [0.5, 0.6) is 5.75 Å². The summed E-state index contributed by atoms with van der Waals surface area (Å²) in [6, 6.07) is 8.00. The molecule has 1 rings (SSSR count). The second-order valence-corrected chi connectivity index (χ2v) is 5.20. The SMILES string of the molecule is CCOCC(NC(CC)c1ccccc1O)C(C)C. The Morgan fingerprint density at radius 3 is 2.42 bits per heavy atom. The highest BCUT2D eigenvalue weighted by molar-refractivity contribution is 5.34. The molecular weight excluding hydrogens is 238 g/mol. The van der Waals surface area contributed by atoms with Gasteiger partial charge in [-0.15, -0.1) is 0 Å². The zero-order chi connectivity index (χ0) is 14.3. The van der Waals surface area contributed by atoms with Gasteiger partial charge in [-0.05, 0) is 25.3 Å². The van der Waals surface area contributed by atoms with E-state index in [-0.39, 0.29) is 6.04 Å². The van der Waals surface area contributed by atoms with Crippen molar-refractivity contribution in [3.63, 3.8) is 0 Å². The van der Waals surface area contributed by atoms with Crippen LogP contribution in [0.4, 0.5) is 0 Å². The Morgan fingerprint density at radius 1 is 1.21 bits per heavy atom. The number of hydrogen-bond acceptors (Lipinski definition) is 3. The molecule has 1 aromatic carbocycles. The molecule has 0 aliphatic heterocycles. The number of phenols is 1. The second kappa shape index (κ2) is 8.18. The van der Waals surface area contributed by atoms with Gasteiger partial charge in [0.05, 0.1) is 6.61 Å². The van der Waals surface area contributed by atoms with E-state index in [4.69, 9.17) is 4.74 Å². The first kappa shape index (κ1) is 16.0. The Labute approximate surface area is 117 Å². The lowest BCUT2D eigenvalue weighted by Crippen LogP contribution is -2.40. The Hall–Kier alpha value is -1.06. The Bertz CT molecular complexity index is 366. The second-order valence-electron chi connectivity index (χ2n) is 5.20. The molecule has 0 fully saturated rings. The monoisotopic (exact) mass is 265 g/mol. The van der Waals surface area contributed by atoms with Crippen molar-refractivity contribution in [2.24, 2.45) is 5.92 Å². The highest BCUT2D eigenvalue weighted by Gasteiger charge is 2.20. The number of phenolic OH excluding ortho intramolecular Hbond substituents is 1. The highest BCUT2D eigenvalue weighted by Crippen LogP contribution is 2.26. The van der Waals surface area contributed by atoms with Gasteiger partial charge in [-0.1, -0.05) is 39.0 Å². The van der Waals surface area contributed by atoms with Crippen LogP contribution in [0.25, 0.3) is 0 Å². The van der Waals surface area contributed by atoms with Gasteiger partial charge >= 0.3 is 0 Å². The molecule has 0 aromatic heterocycles. The summed E-state index contributed by atoms with van der Waals surface area (Å²) < 4.78 is 5.54. The lowest BCUT2D eigenvalue weighted by Gasteiger charge is -2.28. The molecule has 0 aliphatic carbocycles. The lowest BCUT2D eigenvalue weighted by atomic mass is 9.99. The third-order valence-corrected chi connectivity index (χ3v) is 3.44. The van der Waals surface area contributed by atoms with Gasteiger partial charge in [-0.3, -0.25) is 0 Å². The Morgan fingerprint density at radius 2 is 1.89 bits per heavy atom. The van der Waals surface area contributed by atoms with Crippen molar-refractivity contribution >= 4 is 0 Å². The van der Waals surface area contributed by atoms with Crippen LogP contribution in [0, 0.1) is 5.92 Å². The number of rotatable bonds is 8. The number of aromatic hydroxyl groups is 1. The molecule has 0 amide bonds. The van der Waals surface area contributed by atoms with E-state index in [1.807, 2.05) is 25.1 Å². The maximum absolute atomic E-state index is 9.97. The zero-order valence-electron chi connectivity index (χ0n) is 12.5. The van der Waals surface area contributed by atoms with Gasteiger partial charge in [-0.2, -0.15) is 0 Å². The van der Waals surface area contributed by atoms with E-state index < -0.39 is 0 Å². The van der Waals surface area contributed by atoms with Gasteiger partial charge in [0.1, 0.15) is 5.75 Å². The summed E-state index contributed by atoms with van der Waals surface area (Å²) in [5.74, 6) is 0.854. The number of hydrogen-bond donors (Lipinski definition) is 2. The van der Waals surface area contributed by atoms with Crippen molar-refractivity contribution in [2.75, 3.05) is 13.2 Å². The molecular formula is C16H27NO2. The first-order valence-corrected chi connectivity index (χ1v) is 7.21. The first-order chi connectivity index (χ1) is 9.10. The predicted molar refractivity (Wildman–Crippen MR) is 79.4 cm³/mol. The van der Waals surface area contributed by atoms with Crippen molar-refractivity contribution in [2.45, 2.75) is 46.2 Å². The fraction of sp³-hybridized carbons (Fsp3) is 0.625. The number of ether oxygens (including phenoxy) is 1. The van der Waals surface area contributed by atoms with Crippen LogP contribution in [0.3, 0.4) is 0 Å². The lowest BCUT2D eigenvalue weighted by molar-refractivity contribution is 0.103. The molecule has 2 N–H and O–H groups in total. The van der Waals surface area contributed by atoms with Crippen LogP contribution in [0.2, 0.25) is 0 Å². The number of benzene rings is 1. The highest BCUT2D eigenvalue weighted by atomic mass is 16.5. The van der Waals surface area contributed by atoms with Crippen molar-refractivity contribution in [1.29, 1.82) is 0 Å². The largest absolute Gasteiger partial charge is 0.508 e. The summed E-state index contributed by atoms with van der Waals surface area (Å²) in [6.07, 6.45) is 0.937. The van der Waals surface area contributed by atoms with Crippen LogP contribution in [-0.4, -0.2) is 24.4 Å². The van der Waals surface area contributed by atoms with E-state index in [1.165, 1.54) is 0 Å². The average Bonchev–Trinajstić information content (AvgIpc) is 2.40. The summed E-state index contributed by atoms with van der Waals surface area (Å²) in [5.41, 5.74) is 0.965. The van der Waals surface area contributed by atoms with Crippen molar-refractivity contribution in [3.8, 4) is 5.75 Å². The quantitative estimate of drug-likeness (QED) is 0.756. The number of nitrogens with one attached hydrogen (secondary N) is 1. The molecule has 0 aliphatic rings. The summed E-state index contributed by atoms with van der Waals surface area (Å²) in [7, 11) is 0. The molecule has 0 heterocycles. The van der Waals surface area contributed by atoms with E-state index in [2.05, 4.69) is 26.1 Å². The predicted octanol–water partition coefficient (Wildman–Crippen LogP) is 3.49. The zero-order valence-corrected chi connectivity index (χ0v) is 12.5. The van der Waals surface area contributed by atoms with Gasteiger partial charge in [0.25, 0.3) is 0 Å². The molecule has 1 aromatic rings. The molecule has 2 unspecified atom stereocenters. The Kier molecular flexibility index (Phi) is 6.89. The van der Waals surface area contributed by atoms with E-state index in [9.17, 15) is 5.11 Å². The van der Waals surface area contributed by atoms with E-state index in [0.29, 0.717) is 24.3 Å². The first-order valence-electron chi connectivity index (χ1n) is 7.21.